The Morgan fingerprint density at radius 2 is 1.95 bits per heavy atom. The summed E-state index contributed by atoms with van der Waals surface area (Å²) >= 11 is 3.38. The molecule has 110 valence electrons. The van der Waals surface area contributed by atoms with Gasteiger partial charge in [-0.25, -0.2) is 0 Å². The number of fused-ring (bicyclic) bond motifs is 3. The number of rotatable bonds is 3. The Morgan fingerprint density at radius 3 is 2.57 bits per heavy atom. The molecule has 0 heterocycles. The zero-order chi connectivity index (χ0) is 15.0. The summed E-state index contributed by atoms with van der Waals surface area (Å²) < 4.78 is 0.995. The molecule has 0 spiro atoms. The standard InChI is InChI=1S/C16H16BrNO3/c17-12-5-1-10(2-6-12)3-7-14-13-8-4-11(9-15(13)19)16(14)18(20)21/h1-3,5-7,11,13-14,16H,4,8-9H2/t11-,13-,14+,16-/m0/s1. The number of benzene rings is 1. The van der Waals surface area contributed by atoms with Crippen molar-refractivity contribution in [2.75, 3.05) is 0 Å². The zero-order valence-corrected chi connectivity index (χ0v) is 13.0. The lowest BCUT2D eigenvalue weighted by Gasteiger charge is -2.41. The molecule has 1 aromatic rings. The summed E-state index contributed by atoms with van der Waals surface area (Å²) in [6.45, 7) is 0. The maximum Gasteiger partial charge on any atom is 0.223 e. The molecule has 0 unspecified atom stereocenters. The third-order valence-corrected chi connectivity index (χ3v) is 5.22. The fourth-order valence-electron chi connectivity index (χ4n) is 3.67. The van der Waals surface area contributed by atoms with Gasteiger partial charge in [0.1, 0.15) is 5.78 Å². The van der Waals surface area contributed by atoms with E-state index in [9.17, 15) is 14.9 Å². The Kier molecular flexibility index (Phi) is 3.93. The Balaban J connectivity index is 1.85. The Labute approximate surface area is 131 Å². The van der Waals surface area contributed by atoms with Gasteiger partial charge >= 0.3 is 0 Å². The van der Waals surface area contributed by atoms with Gasteiger partial charge in [0, 0.05) is 27.7 Å². The summed E-state index contributed by atoms with van der Waals surface area (Å²) in [5, 5.41) is 11.4. The number of ketones is 1. The zero-order valence-electron chi connectivity index (χ0n) is 11.4. The summed E-state index contributed by atoms with van der Waals surface area (Å²) in [4.78, 5) is 23.2. The van der Waals surface area contributed by atoms with Crippen molar-refractivity contribution in [1.29, 1.82) is 0 Å². The maximum absolute atomic E-state index is 12.0. The van der Waals surface area contributed by atoms with E-state index in [0.29, 0.717) is 6.42 Å². The van der Waals surface area contributed by atoms with Crippen LogP contribution in [0, 0.1) is 27.9 Å². The topological polar surface area (TPSA) is 60.2 Å². The second-order valence-electron chi connectivity index (χ2n) is 5.88. The van der Waals surface area contributed by atoms with E-state index in [1.165, 1.54) is 0 Å². The lowest BCUT2D eigenvalue weighted by Crippen LogP contribution is -2.51. The van der Waals surface area contributed by atoms with E-state index in [4.69, 9.17) is 0 Å². The van der Waals surface area contributed by atoms with Crippen LogP contribution in [-0.2, 0) is 4.79 Å². The number of hydrogen-bond acceptors (Lipinski definition) is 3. The van der Waals surface area contributed by atoms with Gasteiger partial charge in [0.25, 0.3) is 0 Å². The van der Waals surface area contributed by atoms with E-state index in [-0.39, 0.29) is 28.5 Å². The molecule has 4 nitrogen and oxygen atoms in total. The molecule has 0 saturated heterocycles. The summed E-state index contributed by atoms with van der Waals surface area (Å²) in [6, 6.07) is 7.16. The van der Waals surface area contributed by atoms with Crippen LogP contribution in [0.3, 0.4) is 0 Å². The van der Waals surface area contributed by atoms with Crippen LogP contribution in [0.4, 0.5) is 0 Å². The predicted molar refractivity (Wildman–Crippen MR) is 83.3 cm³/mol. The minimum absolute atomic E-state index is 0.0860. The highest BCUT2D eigenvalue weighted by Gasteiger charge is 2.53. The van der Waals surface area contributed by atoms with Crippen molar-refractivity contribution in [3.63, 3.8) is 0 Å². The average molecular weight is 350 g/mol. The molecular weight excluding hydrogens is 334 g/mol. The first kappa shape index (κ1) is 14.4. The largest absolute Gasteiger partial charge is 0.299 e. The molecule has 0 N–H and O–H groups in total. The number of halogens is 1. The molecule has 2 bridgehead atoms. The van der Waals surface area contributed by atoms with Crippen LogP contribution in [0.2, 0.25) is 0 Å². The molecule has 0 amide bonds. The van der Waals surface area contributed by atoms with Gasteiger partial charge in [-0.15, -0.1) is 0 Å². The van der Waals surface area contributed by atoms with E-state index in [0.717, 1.165) is 22.9 Å². The fraction of sp³-hybridized carbons (Fsp3) is 0.438. The van der Waals surface area contributed by atoms with Crippen LogP contribution < -0.4 is 0 Å². The van der Waals surface area contributed by atoms with Gasteiger partial charge in [0.05, 0.1) is 5.92 Å². The first-order chi connectivity index (χ1) is 10.1. The van der Waals surface area contributed by atoms with Gasteiger partial charge in [0.15, 0.2) is 0 Å². The van der Waals surface area contributed by atoms with Crippen molar-refractivity contribution in [1.82, 2.24) is 0 Å². The molecule has 1 aromatic carbocycles. The molecule has 5 heteroatoms. The highest BCUT2D eigenvalue weighted by Crippen LogP contribution is 2.45. The summed E-state index contributed by atoms with van der Waals surface area (Å²) in [7, 11) is 0. The van der Waals surface area contributed by atoms with Crippen molar-refractivity contribution in [2.24, 2.45) is 17.8 Å². The molecule has 4 atom stereocenters. The Morgan fingerprint density at radius 1 is 1.24 bits per heavy atom. The first-order valence-electron chi connectivity index (χ1n) is 7.16. The lowest BCUT2D eigenvalue weighted by atomic mass is 9.61. The molecule has 4 rings (SSSR count). The van der Waals surface area contributed by atoms with Crippen LogP contribution in [0.15, 0.2) is 34.8 Å². The van der Waals surface area contributed by atoms with Crippen molar-refractivity contribution in [3.8, 4) is 0 Å². The summed E-state index contributed by atoms with van der Waals surface area (Å²) in [5.74, 6) is -0.312. The molecule has 21 heavy (non-hydrogen) atoms. The second kappa shape index (κ2) is 5.72. The predicted octanol–water partition coefficient (Wildman–Crippen LogP) is 3.72. The summed E-state index contributed by atoms with van der Waals surface area (Å²) in [6.07, 6.45) is 5.78. The lowest BCUT2D eigenvalue weighted by molar-refractivity contribution is -0.545. The van der Waals surface area contributed by atoms with Crippen LogP contribution >= 0.6 is 15.9 Å². The van der Waals surface area contributed by atoms with Crippen molar-refractivity contribution in [3.05, 3.63) is 50.5 Å². The Bertz CT molecular complexity index is 596. The van der Waals surface area contributed by atoms with Gasteiger partial charge < -0.3 is 0 Å². The van der Waals surface area contributed by atoms with E-state index in [1.54, 1.807) is 0 Å². The normalized spacial score (nSPS) is 31.8. The third-order valence-electron chi connectivity index (χ3n) is 4.69. The van der Waals surface area contributed by atoms with Gasteiger partial charge in [0.2, 0.25) is 6.04 Å². The minimum atomic E-state index is -0.604. The number of hydrogen-bond donors (Lipinski definition) is 0. The number of Topliss-reactive ketones (excluding diaryl/α,β-unsaturated/α-hetero) is 1. The van der Waals surface area contributed by atoms with Crippen LogP contribution in [-0.4, -0.2) is 16.7 Å². The minimum Gasteiger partial charge on any atom is -0.299 e. The Hall–Kier alpha value is -1.49. The van der Waals surface area contributed by atoms with E-state index >= 15 is 0 Å². The van der Waals surface area contributed by atoms with Crippen molar-refractivity contribution < 1.29 is 9.72 Å². The number of carbonyl (C=O) groups is 1. The SMILES string of the molecule is O=C1C[C@@H]2CC[C@H]1[C@@H](C=Cc1ccc(Br)cc1)[C@H]2[N+](=O)[O-]. The molecule has 3 fully saturated rings. The van der Waals surface area contributed by atoms with Gasteiger partial charge in [-0.1, -0.05) is 40.2 Å². The highest BCUT2D eigenvalue weighted by molar-refractivity contribution is 9.10. The molecule has 0 aromatic heterocycles. The van der Waals surface area contributed by atoms with Gasteiger partial charge in [-0.05, 0) is 30.5 Å². The van der Waals surface area contributed by atoms with Crippen LogP contribution in [0.5, 0.6) is 0 Å². The van der Waals surface area contributed by atoms with E-state index in [1.807, 2.05) is 36.4 Å². The molecule has 3 aliphatic carbocycles. The third kappa shape index (κ3) is 2.79. The van der Waals surface area contributed by atoms with Gasteiger partial charge in [-0.2, -0.15) is 0 Å². The number of carbonyl (C=O) groups excluding carboxylic acids is 1. The van der Waals surface area contributed by atoms with Crippen molar-refractivity contribution in [2.45, 2.75) is 25.3 Å². The monoisotopic (exact) mass is 349 g/mol. The van der Waals surface area contributed by atoms with Crippen LogP contribution in [0.1, 0.15) is 24.8 Å². The fourth-order valence-corrected chi connectivity index (χ4v) is 3.94. The van der Waals surface area contributed by atoms with Crippen molar-refractivity contribution >= 4 is 27.8 Å². The molecule has 3 saturated carbocycles. The average Bonchev–Trinajstić information content (AvgIpc) is 2.46. The first-order valence-corrected chi connectivity index (χ1v) is 7.95. The van der Waals surface area contributed by atoms with Crippen LogP contribution in [0.25, 0.3) is 6.08 Å². The highest BCUT2D eigenvalue weighted by atomic mass is 79.9. The molecule has 0 aliphatic heterocycles. The van der Waals surface area contributed by atoms with Gasteiger partial charge in [-0.3, -0.25) is 14.9 Å². The molecule has 3 aliphatic rings. The van der Waals surface area contributed by atoms with E-state index in [2.05, 4.69) is 15.9 Å². The smallest absolute Gasteiger partial charge is 0.223 e. The number of nitro groups is 1. The quantitative estimate of drug-likeness (QED) is 0.617. The molecular formula is C16H16BrNO3. The second-order valence-corrected chi connectivity index (χ2v) is 6.79. The molecule has 0 radical (unpaired) electrons. The number of nitrogens with zero attached hydrogens (tertiary/aromatic N) is 1. The summed E-state index contributed by atoms with van der Waals surface area (Å²) in [5.41, 5.74) is 0.995. The van der Waals surface area contributed by atoms with E-state index < -0.39 is 6.04 Å². The maximum atomic E-state index is 12.0.